The van der Waals surface area contributed by atoms with Crippen LogP contribution in [0.4, 0.5) is 0 Å². The lowest BCUT2D eigenvalue weighted by atomic mass is 10.0. The van der Waals surface area contributed by atoms with E-state index in [2.05, 4.69) is 53.3 Å². The summed E-state index contributed by atoms with van der Waals surface area (Å²) in [6, 6.07) is 6.16. The summed E-state index contributed by atoms with van der Waals surface area (Å²) in [6.45, 7) is 8.74. The molecule has 128 valence electrons. The summed E-state index contributed by atoms with van der Waals surface area (Å²) in [4.78, 5) is 2.45. The van der Waals surface area contributed by atoms with E-state index in [-0.39, 0.29) is 18.4 Å². The zero-order valence-corrected chi connectivity index (χ0v) is 14.4. The van der Waals surface area contributed by atoms with E-state index in [1.807, 2.05) is 10.7 Å². The van der Waals surface area contributed by atoms with Gasteiger partial charge >= 0.3 is 0 Å². The molecule has 4 rings (SSSR count). The maximum Gasteiger partial charge on any atom is 0.231 e. The zero-order valence-electron chi connectivity index (χ0n) is 14.4. The fourth-order valence-corrected chi connectivity index (χ4v) is 3.45. The van der Waals surface area contributed by atoms with Crippen molar-refractivity contribution in [2.45, 2.75) is 45.2 Å². The molecule has 1 atom stereocenters. The van der Waals surface area contributed by atoms with E-state index in [0.29, 0.717) is 0 Å². The molecule has 0 spiro atoms. The number of nitrogens with zero attached hydrogens (tertiary/aromatic N) is 5. The highest BCUT2D eigenvalue weighted by molar-refractivity contribution is 5.46. The number of benzene rings is 1. The first-order chi connectivity index (χ1) is 11.5. The van der Waals surface area contributed by atoms with Gasteiger partial charge in [0.25, 0.3) is 0 Å². The van der Waals surface area contributed by atoms with Crippen LogP contribution >= 0.6 is 0 Å². The van der Waals surface area contributed by atoms with Gasteiger partial charge in [-0.05, 0) is 74.8 Å². The van der Waals surface area contributed by atoms with Crippen LogP contribution in [0.2, 0.25) is 0 Å². The molecule has 1 fully saturated rings. The Labute approximate surface area is 141 Å². The lowest BCUT2D eigenvalue weighted by Crippen LogP contribution is -2.33. The first-order valence-corrected chi connectivity index (χ1v) is 8.46. The van der Waals surface area contributed by atoms with Crippen LogP contribution in [0.1, 0.15) is 51.0 Å². The molecule has 7 heteroatoms. The third-order valence-corrected chi connectivity index (χ3v) is 4.59. The minimum atomic E-state index is -0.173. The molecule has 0 N–H and O–H groups in total. The molecule has 0 radical (unpaired) electrons. The van der Waals surface area contributed by atoms with Gasteiger partial charge in [-0.25, -0.2) is 4.68 Å². The quantitative estimate of drug-likeness (QED) is 0.861. The summed E-state index contributed by atoms with van der Waals surface area (Å²) in [6.07, 6.45) is 2.41. The highest BCUT2D eigenvalue weighted by Crippen LogP contribution is 2.38. The van der Waals surface area contributed by atoms with Crippen LogP contribution in [-0.2, 0) is 5.54 Å². The number of ether oxygens (including phenoxy) is 2. The van der Waals surface area contributed by atoms with Crippen LogP contribution in [0, 0.1) is 0 Å². The Morgan fingerprint density at radius 2 is 1.83 bits per heavy atom. The molecule has 0 saturated carbocycles. The summed E-state index contributed by atoms with van der Waals surface area (Å²) in [5.41, 5.74) is 0.967. The highest BCUT2D eigenvalue weighted by atomic mass is 16.7. The molecule has 24 heavy (non-hydrogen) atoms. The number of aromatic nitrogens is 4. The molecule has 1 aromatic carbocycles. The molecule has 1 aromatic heterocycles. The third kappa shape index (κ3) is 2.62. The smallest absolute Gasteiger partial charge is 0.231 e. The molecule has 1 saturated heterocycles. The first-order valence-electron chi connectivity index (χ1n) is 8.46. The van der Waals surface area contributed by atoms with Gasteiger partial charge in [0.05, 0.1) is 11.6 Å². The average molecular weight is 329 g/mol. The van der Waals surface area contributed by atoms with Crippen molar-refractivity contribution in [2.75, 3.05) is 19.9 Å². The second-order valence-electron chi connectivity index (χ2n) is 7.38. The van der Waals surface area contributed by atoms with Gasteiger partial charge in [0, 0.05) is 0 Å². The van der Waals surface area contributed by atoms with E-state index < -0.39 is 0 Å². The Kier molecular flexibility index (Phi) is 3.68. The van der Waals surface area contributed by atoms with E-state index in [9.17, 15) is 0 Å². The molecular formula is C17H23N5O2. The molecule has 0 amide bonds. The summed E-state index contributed by atoms with van der Waals surface area (Å²) >= 11 is 0. The topological polar surface area (TPSA) is 65.3 Å². The van der Waals surface area contributed by atoms with Gasteiger partial charge in [0.1, 0.15) is 0 Å². The molecule has 3 heterocycles. The predicted molar refractivity (Wildman–Crippen MR) is 88.0 cm³/mol. The monoisotopic (exact) mass is 329 g/mol. The Morgan fingerprint density at radius 1 is 1.08 bits per heavy atom. The fourth-order valence-electron chi connectivity index (χ4n) is 3.45. The van der Waals surface area contributed by atoms with Crippen molar-refractivity contribution in [1.82, 2.24) is 25.1 Å². The van der Waals surface area contributed by atoms with Crippen LogP contribution in [0.3, 0.4) is 0 Å². The van der Waals surface area contributed by atoms with Gasteiger partial charge in [-0.1, -0.05) is 6.07 Å². The van der Waals surface area contributed by atoms with Crippen molar-refractivity contribution < 1.29 is 9.47 Å². The van der Waals surface area contributed by atoms with Crippen molar-refractivity contribution in [3.8, 4) is 11.5 Å². The summed E-state index contributed by atoms with van der Waals surface area (Å²) in [5, 5.41) is 12.6. The summed E-state index contributed by atoms with van der Waals surface area (Å²) in [5.74, 6) is 2.48. The maximum atomic E-state index is 5.57. The summed E-state index contributed by atoms with van der Waals surface area (Å²) in [7, 11) is 0. The van der Waals surface area contributed by atoms with Crippen molar-refractivity contribution in [3.05, 3.63) is 29.6 Å². The predicted octanol–water partition coefficient (Wildman–Crippen LogP) is 2.34. The maximum absolute atomic E-state index is 5.57. The fraction of sp³-hybridized carbons (Fsp3) is 0.588. The number of likely N-dealkylation sites (tertiary alicyclic amines) is 1. The molecule has 0 aliphatic carbocycles. The molecule has 7 nitrogen and oxygen atoms in total. The largest absolute Gasteiger partial charge is 0.454 e. The average Bonchev–Trinajstić information content (AvgIpc) is 3.28. The molecule has 2 aliphatic rings. The van der Waals surface area contributed by atoms with Gasteiger partial charge in [-0.15, -0.1) is 5.10 Å². The number of hydrogen-bond acceptors (Lipinski definition) is 6. The van der Waals surface area contributed by atoms with Crippen LogP contribution in [0.5, 0.6) is 11.5 Å². The van der Waals surface area contributed by atoms with Gasteiger partial charge < -0.3 is 9.47 Å². The van der Waals surface area contributed by atoms with Crippen molar-refractivity contribution in [2.24, 2.45) is 0 Å². The van der Waals surface area contributed by atoms with Gasteiger partial charge in [0.2, 0.25) is 6.79 Å². The Morgan fingerprint density at radius 3 is 2.58 bits per heavy atom. The van der Waals surface area contributed by atoms with E-state index in [1.54, 1.807) is 0 Å². The summed E-state index contributed by atoms with van der Waals surface area (Å²) < 4.78 is 12.9. The highest BCUT2D eigenvalue weighted by Gasteiger charge is 2.33. The lowest BCUT2D eigenvalue weighted by molar-refractivity contribution is 0.174. The van der Waals surface area contributed by atoms with Crippen LogP contribution < -0.4 is 9.47 Å². The van der Waals surface area contributed by atoms with Gasteiger partial charge in [0.15, 0.2) is 17.3 Å². The minimum Gasteiger partial charge on any atom is -0.454 e. The molecule has 2 aliphatic heterocycles. The standard InChI is InChI=1S/C17H23N5O2/c1-17(2,3)22-16(18-19-20-22)15(21-8-4-5-9-21)12-6-7-13-14(10-12)24-11-23-13/h6-7,10,15H,4-5,8-9,11H2,1-3H3. The van der Waals surface area contributed by atoms with Crippen LogP contribution in [0.15, 0.2) is 18.2 Å². The molecule has 0 bridgehead atoms. The van der Waals surface area contributed by atoms with Crippen LogP contribution in [-0.4, -0.2) is 45.0 Å². The Bertz CT molecular complexity index is 731. The Hall–Kier alpha value is -2.15. The van der Waals surface area contributed by atoms with E-state index in [0.717, 1.165) is 36.0 Å². The molecular weight excluding hydrogens is 306 g/mol. The number of hydrogen-bond donors (Lipinski definition) is 0. The second-order valence-corrected chi connectivity index (χ2v) is 7.38. The van der Waals surface area contributed by atoms with E-state index in [1.165, 1.54) is 12.8 Å². The zero-order chi connectivity index (χ0) is 16.7. The van der Waals surface area contributed by atoms with E-state index >= 15 is 0 Å². The number of rotatable bonds is 3. The molecule has 1 unspecified atom stereocenters. The minimum absolute atomic E-state index is 0.0243. The van der Waals surface area contributed by atoms with Crippen LogP contribution in [0.25, 0.3) is 0 Å². The van der Waals surface area contributed by atoms with Crippen molar-refractivity contribution in [3.63, 3.8) is 0 Å². The van der Waals surface area contributed by atoms with Crippen molar-refractivity contribution in [1.29, 1.82) is 0 Å². The third-order valence-electron chi connectivity index (χ3n) is 4.59. The normalized spacial score (nSPS) is 19.0. The number of fused-ring (bicyclic) bond motifs is 1. The van der Waals surface area contributed by atoms with Crippen molar-refractivity contribution >= 4 is 0 Å². The lowest BCUT2D eigenvalue weighted by Gasteiger charge is -2.30. The second kappa shape index (κ2) is 5.73. The SMILES string of the molecule is CC(C)(C)n1nnnc1C(c1ccc2c(c1)OCO2)N1CCCC1. The number of tetrazole rings is 1. The molecule has 2 aromatic rings. The van der Waals surface area contributed by atoms with Gasteiger partial charge in [-0.2, -0.15) is 0 Å². The first kappa shape index (κ1) is 15.4. The van der Waals surface area contributed by atoms with Gasteiger partial charge in [-0.3, -0.25) is 4.90 Å². The Balaban J connectivity index is 1.79. The van der Waals surface area contributed by atoms with E-state index in [4.69, 9.17) is 9.47 Å².